The highest BCUT2D eigenvalue weighted by atomic mass is 28.2. The molecule has 0 spiro atoms. The van der Waals surface area contributed by atoms with E-state index in [1.165, 1.54) is 32.6 Å². The van der Waals surface area contributed by atoms with E-state index >= 15 is 0 Å². The molecule has 0 aliphatic heterocycles. The summed E-state index contributed by atoms with van der Waals surface area (Å²) in [6.07, 6.45) is 0.144. The van der Waals surface area contributed by atoms with Crippen molar-refractivity contribution in [2.75, 3.05) is 0 Å². The van der Waals surface area contributed by atoms with E-state index in [0.29, 0.717) is 19.5 Å². The quantitative estimate of drug-likeness (QED) is 0.522. The second kappa shape index (κ2) is 9.98. The van der Waals surface area contributed by atoms with E-state index in [4.69, 9.17) is 8.85 Å². The van der Waals surface area contributed by atoms with Crippen LogP contribution in [0, 0.1) is 13.8 Å². The third-order valence-electron chi connectivity index (χ3n) is 4.87. The molecule has 3 rings (SSSR count). The standard InChI is InChI=1S/C24H26O2Si2/c1-17-11-5-7-13-21(17)19(3)25-27-23-15-9-10-16-24(23)28-26-20(4)22-14-8-6-12-18(22)2/h5-16,19-20H,1-4H3. The second-order valence-electron chi connectivity index (χ2n) is 6.98. The van der Waals surface area contributed by atoms with Crippen LogP contribution in [0.2, 0.25) is 0 Å². The van der Waals surface area contributed by atoms with Crippen LogP contribution in [-0.4, -0.2) is 19.5 Å². The van der Waals surface area contributed by atoms with Gasteiger partial charge < -0.3 is 8.85 Å². The highest BCUT2D eigenvalue weighted by Crippen LogP contribution is 2.20. The molecule has 2 unspecified atom stereocenters. The minimum Gasteiger partial charge on any atom is -0.405 e. The Morgan fingerprint density at radius 3 is 1.32 bits per heavy atom. The minimum atomic E-state index is 0.0720. The van der Waals surface area contributed by atoms with E-state index < -0.39 is 0 Å². The Balaban J connectivity index is 1.63. The molecule has 0 aliphatic rings. The lowest BCUT2D eigenvalue weighted by Crippen LogP contribution is -2.38. The summed E-state index contributed by atoms with van der Waals surface area (Å²) in [6.45, 7) is 8.51. The molecule has 0 saturated heterocycles. The van der Waals surface area contributed by atoms with Crippen LogP contribution in [0.4, 0.5) is 0 Å². The molecule has 0 aromatic heterocycles. The smallest absolute Gasteiger partial charge is 0.269 e. The van der Waals surface area contributed by atoms with Crippen molar-refractivity contribution in [3.05, 3.63) is 95.1 Å². The van der Waals surface area contributed by atoms with E-state index in [-0.39, 0.29) is 12.2 Å². The number of benzene rings is 3. The van der Waals surface area contributed by atoms with Gasteiger partial charge in [-0.15, -0.1) is 0 Å². The zero-order chi connectivity index (χ0) is 19.9. The van der Waals surface area contributed by atoms with Gasteiger partial charge >= 0.3 is 0 Å². The van der Waals surface area contributed by atoms with Crippen molar-refractivity contribution in [2.24, 2.45) is 0 Å². The molecule has 0 fully saturated rings. The van der Waals surface area contributed by atoms with Gasteiger partial charge in [0.05, 0.1) is 12.2 Å². The Hall–Kier alpha value is -1.99. The molecule has 28 heavy (non-hydrogen) atoms. The van der Waals surface area contributed by atoms with Crippen LogP contribution in [0.25, 0.3) is 0 Å². The fourth-order valence-corrected chi connectivity index (χ4v) is 5.06. The first kappa shape index (κ1) is 20.7. The maximum absolute atomic E-state index is 6.22. The second-order valence-corrected chi connectivity index (χ2v) is 8.94. The number of rotatable bonds is 8. The van der Waals surface area contributed by atoms with E-state index in [0.717, 1.165) is 0 Å². The Bertz CT molecular complexity index is 836. The summed E-state index contributed by atoms with van der Waals surface area (Å²) in [6, 6.07) is 25.3. The fraction of sp³-hybridized carbons (Fsp3) is 0.250. The van der Waals surface area contributed by atoms with Gasteiger partial charge in [-0.2, -0.15) is 0 Å². The van der Waals surface area contributed by atoms with Gasteiger partial charge in [-0.05, 0) is 60.3 Å². The number of hydrogen-bond acceptors (Lipinski definition) is 2. The Morgan fingerprint density at radius 1 is 0.571 bits per heavy atom. The van der Waals surface area contributed by atoms with E-state index in [1.54, 1.807) is 0 Å². The van der Waals surface area contributed by atoms with Crippen LogP contribution in [0.3, 0.4) is 0 Å². The first-order chi connectivity index (χ1) is 13.6. The molecule has 0 bridgehead atoms. The third-order valence-corrected chi connectivity index (χ3v) is 7.38. The van der Waals surface area contributed by atoms with Crippen molar-refractivity contribution >= 4 is 29.9 Å². The fourth-order valence-electron chi connectivity index (χ4n) is 3.18. The maximum Gasteiger partial charge on any atom is 0.269 e. The normalized spacial score (nSPS) is 13.3. The molecule has 0 saturated carbocycles. The van der Waals surface area contributed by atoms with Gasteiger partial charge in [0, 0.05) is 0 Å². The molecule has 0 heterocycles. The zero-order valence-corrected chi connectivity index (χ0v) is 18.9. The lowest BCUT2D eigenvalue weighted by molar-refractivity contribution is 0.241. The van der Waals surface area contributed by atoms with Gasteiger partial charge in [0.2, 0.25) is 0 Å². The molecule has 2 nitrogen and oxygen atoms in total. The highest BCUT2D eigenvalue weighted by Gasteiger charge is 2.14. The van der Waals surface area contributed by atoms with Gasteiger partial charge in [-0.3, -0.25) is 0 Å². The molecule has 4 heteroatoms. The van der Waals surface area contributed by atoms with Crippen molar-refractivity contribution in [2.45, 2.75) is 39.9 Å². The summed E-state index contributed by atoms with van der Waals surface area (Å²) in [5.41, 5.74) is 5.04. The summed E-state index contributed by atoms with van der Waals surface area (Å²) < 4.78 is 12.4. The highest BCUT2D eigenvalue weighted by molar-refractivity contribution is 6.61. The van der Waals surface area contributed by atoms with Crippen molar-refractivity contribution in [1.82, 2.24) is 0 Å². The lowest BCUT2D eigenvalue weighted by Gasteiger charge is -2.18. The van der Waals surface area contributed by atoms with E-state index in [9.17, 15) is 0 Å². The minimum absolute atomic E-state index is 0.0720. The average Bonchev–Trinajstić information content (AvgIpc) is 2.71. The third kappa shape index (κ3) is 5.29. The van der Waals surface area contributed by atoms with Gasteiger partial charge in [0.1, 0.15) is 0 Å². The molecular formula is C24H26O2Si2. The molecule has 4 radical (unpaired) electrons. The zero-order valence-electron chi connectivity index (χ0n) is 16.9. The largest absolute Gasteiger partial charge is 0.405 e. The summed E-state index contributed by atoms with van der Waals surface area (Å²) in [7, 11) is 0.600. The number of hydrogen-bond donors (Lipinski definition) is 0. The molecule has 0 aliphatic carbocycles. The van der Waals surface area contributed by atoms with Crippen molar-refractivity contribution in [3.63, 3.8) is 0 Å². The van der Waals surface area contributed by atoms with Crippen LogP contribution in [0.15, 0.2) is 72.8 Å². The Kier molecular flexibility index (Phi) is 7.39. The number of aryl methyl sites for hydroxylation is 2. The monoisotopic (exact) mass is 402 g/mol. The van der Waals surface area contributed by atoms with Crippen LogP contribution in [0.5, 0.6) is 0 Å². The SMILES string of the molecule is Cc1ccccc1C(C)O[Si]c1ccccc1[Si]OC(C)c1ccccc1C. The molecule has 3 aromatic rings. The van der Waals surface area contributed by atoms with Gasteiger partial charge in [-0.1, -0.05) is 72.8 Å². The predicted octanol–water partition coefficient (Wildman–Crippen LogP) is 4.35. The first-order valence-corrected chi connectivity index (χ1v) is 11.4. The van der Waals surface area contributed by atoms with Crippen LogP contribution in [0.1, 0.15) is 48.3 Å². The predicted molar refractivity (Wildman–Crippen MR) is 119 cm³/mol. The molecule has 0 N–H and O–H groups in total. The molecular weight excluding hydrogens is 376 g/mol. The topological polar surface area (TPSA) is 18.5 Å². The van der Waals surface area contributed by atoms with Crippen LogP contribution >= 0.6 is 0 Å². The molecule has 0 amide bonds. The van der Waals surface area contributed by atoms with Gasteiger partial charge in [0.15, 0.2) is 0 Å². The maximum atomic E-state index is 6.22. The molecule has 142 valence electrons. The summed E-state index contributed by atoms with van der Waals surface area (Å²) in [4.78, 5) is 0. The average molecular weight is 403 g/mol. The van der Waals surface area contributed by atoms with E-state index in [1.807, 2.05) is 0 Å². The van der Waals surface area contributed by atoms with Crippen LogP contribution in [-0.2, 0) is 8.85 Å². The van der Waals surface area contributed by atoms with Crippen molar-refractivity contribution in [1.29, 1.82) is 0 Å². The Morgan fingerprint density at radius 2 is 0.929 bits per heavy atom. The molecule has 3 aromatic carbocycles. The van der Waals surface area contributed by atoms with E-state index in [2.05, 4.69) is 100 Å². The van der Waals surface area contributed by atoms with Gasteiger partial charge in [-0.25, -0.2) is 0 Å². The van der Waals surface area contributed by atoms with Gasteiger partial charge in [0.25, 0.3) is 19.5 Å². The first-order valence-electron chi connectivity index (χ1n) is 9.59. The van der Waals surface area contributed by atoms with Crippen molar-refractivity contribution < 1.29 is 8.85 Å². The molecule has 2 atom stereocenters. The summed E-state index contributed by atoms with van der Waals surface area (Å²) in [5, 5.41) is 2.44. The Labute approximate surface area is 173 Å². The summed E-state index contributed by atoms with van der Waals surface area (Å²) in [5.74, 6) is 0. The van der Waals surface area contributed by atoms with Crippen molar-refractivity contribution in [3.8, 4) is 0 Å². The van der Waals surface area contributed by atoms with Crippen LogP contribution < -0.4 is 10.4 Å². The summed E-state index contributed by atoms with van der Waals surface area (Å²) >= 11 is 0. The lowest BCUT2D eigenvalue weighted by atomic mass is 10.1.